The number of fused-ring (bicyclic) bond motifs is 24. The van der Waals surface area contributed by atoms with Crippen molar-refractivity contribution in [1.82, 2.24) is 56.5 Å². The van der Waals surface area contributed by atoms with Gasteiger partial charge < -0.3 is 36.5 Å². The number of benzene rings is 19. The topological polar surface area (TPSA) is 91.0 Å². The molecule has 0 saturated carbocycles. The minimum Gasteiger partial charge on any atom is -0.309 e. The highest BCUT2D eigenvalue weighted by Gasteiger charge is 2.30. The maximum atomic E-state index is 6.04. The molecular formula is C128H78N12. The number of pyridine rings is 2. The van der Waals surface area contributed by atoms with Crippen LogP contribution < -0.4 is 0 Å². The summed E-state index contributed by atoms with van der Waals surface area (Å²) in [5, 5.41) is 18.6. The van der Waals surface area contributed by atoms with Crippen molar-refractivity contribution in [3.05, 3.63) is 474 Å². The van der Waals surface area contributed by atoms with Crippen LogP contribution in [0.5, 0.6) is 0 Å². The Morgan fingerprint density at radius 2 is 0.379 bits per heavy atom. The summed E-state index contributed by atoms with van der Waals surface area (Å²) in [4.78, 5) is 22.3. The first-order chi connectivity index (χ1) is 69.5. The highest BCUT2D eigenvalue weighted by Crippen LogP contribution is 2.51. The van der Waals surface area contributed by atoms with E-state index in [2.05, 4.69) is 498 Å². The second-order valence-electron chi connectivity index (χ2n) is 36.8. The maximum absolute atomic E-state index is 6.04. The predicted molar refractivity (Wildman–Crippen MR) is 580 cm³/mol. The molecule has 0 fully saturated rings. The largest absolute Gasteiger partial charge is 0.309 e. The fourth-order valence-electron chi connectivity index (χ4n) is 23.4. The van der Waals surface area contributed by atoms with E-state index in [1.807, 2.05) is 12.4 Å². The third kappa shape index (κ3) is 11.4. The van der Waals surface area contributed by atoms with Gasteiger partial charge in [0.05, 0.1) is 135 Å². The molecule has 650 valence electrons. The van der Waals surface area contributed by atoms with Crippen LogP contribution in [0, 0.1) is 0 Å². The Morgan fingerprint density at radius 1 is 0.143 bits per heavy atom. The number of aromatic nitrogens is 12. The molecule has 0 unspecified atom stereocenters. The number of nitrogens with zero attached hydrogens (tertiary/aromatic N) is 12. The first-order valence-electron chi connectivity index (χ1n) is 47.7. The summed E-state index contributed by atoms with van der Waals surface area (Å²) in [6.45, 7) is 0. The van der Waals surface area contributed by atoms with Crippen LogP contribution in [-0.2, 0) is 0 Å². The van der Waals surface area contributed by atoms with Crippen LogP contribution in [0.4, 0.5) is 0 Å². The smallest absolute Gasteiger partial charge is 0.160 e. The molecule has 30 aromatic rings. The van der Waals surface area contributed by atoms with E-state index in [1.54, 1.807) is 0 Å². The van der Waals surface area contributed by atoms with Crippen LogP contribution in [0.3, 0.4) is 0 Å². The van der Waals surface area contributed by atoms with Crippen LogP contribution in [0.1, 0.15) is 0 Å². The van der Waals surface area contributed by atoms with Crippen molar-refractivity contribution in [1.29, 1.82) is 0 Å². The van der Waals surface area contributed by atoms with Gasteiger partial charge in [0.1, 0.15) is 0 Å². The molecule has 12 heteroatoms. The van der Waals surface area contributed by atoms with E-state index < -0.39 is 0 Å². The van der Waals surface area contributed by atoms with Crippen molar-refractivity contribution in [2.24, 2.45) is 0 Å². The molecule has 0 N–H and O–H groups in total. The molecule has 0 aliphatic rings. The fourth-order valence-corrected chi connectivity index (χ4v) is 23.4. The summed E-state index contributed by atoms with van der Waals surface area (Å²) in [6, 6.07) is 165. The van der Waals surface area contributed by atoms with Crippen molar-refractivity contribution < 1.29 is 0 Å². The van der Waals surface area contributed by atoms with Crippen molar-refractivity contribution in [3.8, 4) is 102 Å². The molecule has 0 atom stereocenters. The standard InChI is InChI=1S/C128H78N12/c1-6-32-79(33-7-1)106-72-107(80-58-60-116(137-112-54-28-20-46-90(112)102-68-98-86-42-16-24-50-108(86)133(118(98)73-122(102)137)82-34-8-2-9-35-82)96(66-80)94-62-64-129-77-126(94)139-114-56-30-22-48-92(114)104-70-100-88-44-18-26-52-110(88)135(120(100)75-124(104)139)84-38-12-4-13-39-84)132-128(131-106)81-59-61-117(138-113-55-29-21-47-91(113)103-69-99-87-43-17-25-51-109(87)134(119(99)74-123(103)138)83-36-10-3-11-37-83)97(67-81)95-63-65-130-78-127(95)140-115-57-31-23-49-93(115)105-71-101-89-45-19-27-53-111(89)136(121(101)76-125(105)140)85-40-14-5-15-41-85/h1-78H. The van der Waals surface area contributed by atoms with Crippen molar-refractivity contribution in [3.63, 3.8) is 0 Å². The number of para-hydroxylation sites is 12. The lowest BCUT2D eigenvalue weighted by atomic mass is 9.97. The normalized spacial score (nSPS) is 12.1. The Balaban J connectivity index is 0.686. The third-order valence-electron chi connectivity index (χ3n) is 29.4. The van der Waals surface area contributed by atoms with Crippen molar-refractivity contribution in [2.75, 3.05) is 0 Å². The first-order valence-corrected chi connectivity index (χ1v) is 47.7. The zero-order valence-corrected chi connectivity index (χ0v) is 75.4. The van der Waals surface area contributed by atoms with Gasteiger partial charge in [0, 0.05) is 160 Å². The van der Waals surface area contributed by atoms with E-state index in [0.717, 1.165) is 227 Å². The predicted octanol–water partition coefficient (Wildman–Crippen LogP) is 32.4. The van der Waals surface area contributed by atoms with Gasteiger partial charge in [-0.1, -0.05) is 255 Å². The molecule has 0 aliphatic carbocycles. The summed E-state index contributed by atoms with van der Waals surface area (Å²) in [7, 11) is 0. The minimum absolute atomic E-state index is 0.550. The van der Waals surface area contributed by atoms with Gasteiger partial charge in [0.15, 0.2) is 5.82 Å². The van der Waals surface area contributed by atoms with E-state index in [4.69, 9.17) is 19.9 Å². The highest BCUT2D eigenvalue weighted by molar-refractivity contribution is 6.25. The molecule has 12 nitrogen and oxygen atoms in total. The Kier molecular flexibility index (Phi) is 16.7. The first kappa shape index (κ1) is 77.4. The van der Waals surface area contributed by atoms with Crippen molar-refractivity contribution in [2.45, 2.75) is 0 Å². The molecule has 0 amide bonds. The minimum atomic E-state index is 0.550. The summed E-state index contributed by atoms with van der Waals surface area (Å²) in [6.07, 6.45) is 8.06. The van der Waals surface area contributed by atoms with E-state index >= 15 is 0 Å². The lowest BCUT2D eigenvalue weighted by Gasteiger charge is -2.20. The average molecular weight is 1780 g/mol. The van der Waals surface area contributed by atoms with Crippen LogP contribution in [0.2, 0.25) is 0 Å². The third-order valence-corrected chi connectivity index (χ3v) is 29.4. The van der Waals surface area contributed by atoms with Gasteiger partial charge in [-0.2, -0.15) is 0 Å². The molecule has 0 spiro atoms. The molecule has 19 aromatic carbocycles. The Bertz CT molecular complexity index is 9890. The maximum Gasteiger partial charge on any atom is 0.160 e. The monoisotopic (exact) mass is 1780 g/mol. The summed E-state index contributed by atoms with van der Waals surface area (Å²) < 4.78 is 19.6. The van der Waals surface area contributed by atoms with E-state index in [1.165, 1.54) is 43.1 Å². The molecular weight excluding hydrogens is 1710 g/mol. The lowest BCUT2D eigenvalue weighted by Crippen LogP contribution is -2.04. The zero-order chi connectivity index (χ0) is 91.5. The van der Waals surface area contributed by atoms with E-state index in [-0.39, 0.29) is 0 Å². The fraction of sp³-hybridized carbons (Fsp3) is 0. The highest BCUT2D eigenvalue weighted by atomic mass is 15.1. The molecule has 0 saturated heterocycles. The van der Waals surface area contributed by atoms with E-state index in [0.29, 0.717) is 5.82 Å². The molecule has 11 heterocycles. The summed E-state index contributed by atoms with van der Waals surface area (Å²) >= 11 is 0. The van der Waals surface area contributed by atoms with Crippen LogP contribution in [0.25, 0.3) is 276 Å². The molecule has 11 aromatic heterocycles. The van der Waals surface area contributed by atoms with Crippen molar-refractivity contribution >= 4 is 174 Å². The number of hydrogen-bond acceptors (Lipinski definition) is 4. The van der Waals surface area contributed by atoms with Gasteiger partial charge in [-0.05, 0) is 194 Å². The van der Waals surface area contributed by atoms with Gasteiger partial charge in [0.2, 0.25) is 0 Å². The molecule has 0 radical (unpaired) electrons. The Morgan fingerprint density at radius 3 is 0.679 bits per heavy atom. The molecule has 0 aliphatic heterocycles. The van der Waals surface area contributed by atoms with Crippen LogP contribution >= 0.6 is 0 Å². The molecule has 30 rings (SSSR count). The number of rotatable bonds is 13. The second kappa shape index (κ2) is 30.2. The zero-order valence-electron chi connectivity index (χ0n) is 75.4. The van der Waals surface area contributed by atoms with Gasteiger partial charge in [-0.3, -0.25) is 9.97 Å². The quantitative estimate of drug-likeness (QED) is 0.115. The summed E-state index contributed by atoms with van der Waals surface area (Å²) in [5.74, 6) is 0.550. The van der Waals surface area contributed by atoms with Gasteiger partial charge in [-0.25, -0.2) is 9.97 Å². The van der Waals surface area contributed by atoms with Crippen LogP contribution in [0.15, 0.2) is 474 Å². The lowest BCUT2D eigenvalue weighted by molar-refractivity contribution is 1.13. The Labute approximate surface area is 800 Å². The van der Waals surface area contributed by atoms with Gasteiger partial charge >= 0.3 is 0 Å². The second-order valence-corrected chi connectivity index (χ2v) is 36.8. The SMILES string of the molecule is c1ccc(-c2cc(-c3ccc(-n4c5ccccc5c5cc6c7ccccc7n(-c7ccccc7)c6cc54)c(-c4ccncc4-n4c5ccccc5c5cc6c7ccccc7n(-c7ccccc7)c6cc54)c3)nc(-c3ccc(-n4c5ccccc5c5cc6c7ccccc7n(-c7ccccc7)c6cc54)c(-c4ccncc4-n4c5ccccc5c5cc6c7ccccc7n(-c7ccccc7)c6cc54)c3)n2)cc1. The molecule has 0 bridgehead atoms. The average Bonchev–Trinajstić information content (AvgIpc) is 1.55. The Hall–Kier alpha value is -19.0. The van der Waals surface area contributed by atoms with Crippen LogP contribution in [-0.4, -0.2) is 56.5 Å². The van der Waals surface area contributed by atoms with Gasteiger partial charge in [-0.15, -0.1) is 0 Å². The number of hydrogen-bond donors (Lipinski definition) is 0. The van der Waals surface area contributed by atoms with Gasteiger partial charge in [0.25, 0.3) is 0 Å². The summed E-state index contributed by atoms with van der Waals surface area (Å²) in [5.41, 5.74) is 33.6. The van der Waals surface area contributed by atoms with E-state index in [9.17, 15) is 0 Å². The molecule has 140 heavy (non-hydrogen) atoms.